The molecule has 2 aromatic rings. The molecular weight excluding hydrogens is 252 g/mol. The van der Waals surface area contributed by atoms with E-state index >= 15 is 0 Å². The van der Waals surface area contributed by atoms with Gasteiger partial charge in [0.1, 0.15) is 0 Å². The number of benzene rings is 1. The SMILES string of the molecule is O=[N+]([O-])c1ccc(CC(Cl)c2ccncc2)cc1. The van der Waals surface area contributed by atoms with E-state index in [9.17, 15) is 10.1 Å². The summed E-state index contributed by atoms with van der Waals surface area (Å²) in [6, 6.07) is 10.2. The lowest BCUT2D eigenvalue weighted by Crippen LogP contribution is -1.96. The Balaban J connectivity index is 2.08. The van der Waals surface area contributed by atoms with Gasteiger partial charge in [0.2, 0.25) is 0 Å². The number of halogens is 1. The molecule has 1 atom stereocenters. The van der Waals surface area contributed by atoms with Crippen molar-refractivity contribution in [2.24, 2.45) is 0 Å². The van der Waals surface area contributed by atoms with Gasteiger partial charge in [0.15, 0.2) is 0 Å². The molecule has 0 saturated heterocycles. The highest BCUT2D eigenvalue weighted by molar-refractivity contribution is 6.20. The van der Waals surface area contributed by atoms with Crippen LogP contribution in [0, 0.1) is 10.1 Å². The molecule has 1 heterocycles. The highest BCUT2D eigenvalue weighted by Gasteiger charge is 2.10. The quantitative estimate of drug-likeness (QED) is 0.481. The summed E-state index contributed by atoms with van der Waals surface area (Å²) < 4.78 is 0. The monoisotopic (exact) mass is 262 g/mol. The summed E-state index contributed by atoms with van der Waals surface area (Å²) in [5.41, 5.74) is 2.05. The smallest absolute Gasteiger partial charge is 0.265 e. The van der Waals surface area contributed by atoms with E-state index in [4.69, 9.17) is 11.6 Å². The van der Waals surface area contributed by atoms with Gasteiger partial charge in [-0.2, -0.15) is 0 Å². The maximum Gasteiger partial charge on any atom is 0.269 e. The molecule has 0 N–H and O–H groups in total. The van der Waals surface area contributed by atoms with E-state index < -0.39 is 4.92 Å². The van der Waals surface area contributed by atoms with Gasteiger partial charge < -0.3 is 0 Å². The lowest BCUT2D eigenvalue weighted by Gasteiger charge is -2.09. The fraction of sp³-hybridized carbons (Fsp3) is 0.154. The number of aromatic nitrogens is 1. The van der Waals surface area contributed by atoms with Crippen LogP contribution in [0.25, 0.3) is 0 Å². The van der Waals surface area contributed by atoms with Crippen LogP contribution in [0.4, 0.5) is 5.69 Å². The fourth-order valence-electron chi connectivity index (χ4n) is 1.65. The second kappa shape index (κ2) is 5.60. The number of pyridine rings is 1. The predicted molar refractivity (Wildman–Crippen MR) is 69.6 cm³/mol. The van der Waals surface area contributed by atoms with E-state index in [0.29, 0.717) is 6.42 Å². The Morgan fingerprint density at radius 1 is 1.17 bits per heavy atom. The van der Waals surface area contributed by atoms with Crippen LogP contribution in [0.5, 0.6) is 0 Å². The molecule has 0 aliphatic carbocycles. The van der Waals surface area contributed by atoms with Crippen LogP contribution in [0.3, 0.4) is 0 Å². The van der Waals surface area contributed by atoms with Crippen molar-refractivity contribution in [3.05, 3.63) is 70.0 Å². The van der Waals surface area contributed by atoms with Crippen molar-refractivity contribution in [2.75, 3.05) is 0 Å². The molecule has 0 fully saturated rings. The molecule has 18 heavy (non-hydrogen) atoms. The van der Waals surface area contributed by atoms with Crippen LogP contribution in [0.2, 0.25) is 0 Å². The van der Waals surface area contributed by atoms with Gasteiger partial charge in [-0.05, 0) is 29.7 Å². The Morgan fingerprint density at radius 3 is 2.33 bits per heavy atom. The zero-order valence-electron chi connectivity index (χ0n) is 9.49. The first-order valence-corrected chi connectivity index (χ1v) is 5.88. The summed E-state index contributed by atoms with van der Waals surface area (Å²) >= 11 is 6.28. The van der Waals surface area contributed by atoms with Crippen molar-refractivity contribution in [1.29, 1.82) is 0 Å². The summed E-state index contributed by atoms with van der Waals surface area (Å²) in [6.45, 7) is 0. The van der Waals surface area contributed by atoms with Gasteiger partial charge in [-0.3, -0.25) is 15.1 Å². The Hall–Kier alpha value is -1.94. The van der Waals surface area contributed by atoms with Gasteiger partial charge in [-0.1, -0.05) is 12.1 Å². The molecule has 4 nitrogen and oxygen atoms in total. The van der Waals surface area contributed by atoms with Crippen LogP contribution < -0.4 is 0 Å². The molecular formula is C13H11ClN2O2. The molecule has 1 unspecified atom stereocenters. The number of alkyl halides is 1. The summed E-state index contributed by atoms with van der Waals surface area (Å²) in [4.78, 5) is 14.0. The molecule has 0 spiro atoms. The topological polar surface area (TPSA) is 56.0 Å². The summed E-state index contributed by atoms with van der Waals surface area (Å²) in [5.74, 6) is 0. The minimum atomic E-state index is -0.412. The molecule has 0 amide bonds. The van der Waals surface area contributed by atoms with Gasteiger partial charge in [-0.15, -0.1) is 11.6 Å². The third-order valence-electron chi connectivity index (χ3n) is 2.63. The Bertz CT molecular complexity index is 528. The van der Waals surface area contributed by atoms with Crippen molar-refractivity contribution < 1.29 is 4.92 Å². The normalized spacial score (nSPS) is 12.1. The number of nitrogens with zero attached hydrogens (tertiary/aromatic N) is 2. The Morgan fingerprint density at radius 2 is 1.78 bits per heavy atom. The van der Waals surface area contributed by atoms with Crippen LogP contribution in [0.1, 0.15) is 16.5 Å². The number of non-ortho nitro benzene ring substituents is 1. The Kier molecular flexibility index (Phi) is 3.89. The number of nitro groups is 1. The van der Waals surface area contributed by atoms with Crippen LogP contribution in [0.15, 0.2) is 48.8 Å². The minimum Gasteiger partial charge on any atom is -0.265 e. The third kappa shape index (κ3) is 3.05. The van der Waals surface area contributed by atoms with E-state index in [1.165, 1.54) is 12.1 Å². The lowest BCUT2D eigenvalue weighted by molar-refractivity contribution is -0.384. The van der Waals surface area contributed by atoms with Gasteiger partial charge in [0, 0.05) is 24.5 Å². The molecule has 1 aromatic carbocycles. The van der Waals surface area contributed by atoms with E-state index in [0.717, 1.165) is 11.1 Å². The van der Waals surface area contributed by atoms with Gasteiger partial charge in [0.25, 0.3) is 5.69 Å². The highest BCUT2D eigenvalue weighted by Crippen LogP contribution is 2.25. The van der Waals surface area contributed by atoms with E-state index in [-0.39, 0.29) is 11.1 Å². The predicted octanol–water partition coefficient (Wildman–Crippen LogP) is 3.51. The molecule has 2 rings (SSSR count). The highest BCUT2D eigenvalue weighted by atomic mass is 35.5. The summed E-state index contributed by atoms with van der Waals surface area (Å²) in [7, 11) is 0. The number of hydrogen-bond acceptors (Lipinski definition) is 3. The second-order valence-electron chi connectivity index (χ2n) is 3.88. The van der Waals surface area contributed by atoms with E-state index in [1.807, 2.05) is 12.1 Å². The molecule has 5 heteroatoms. The first-order chi connectivity index (χ1) is 8.66. The largest absolute Gasteiger partial charge is 0.269 e. The van der Waals surface area contributed by atoms with Gasteiger partial charge in [0.05, 0.1) is 10.3 Å². The van der Waals surface area contributed by atoms with Crippen LogP contribution >= 0.6 is 11.6 Å². The van der Waals surface area contributed by atoms with Crippen molar-refractivity contribution >= 4 is 17.3 Å². The zero-order valence-corrected chi connectivity index (χ0v) is 10.2. The van der Waals surface area contributed by atoms with Crippen molar-refractivity contribution in [3.63, 3.8) is 0 Å². The number of rotatable bonds is 4. The average molecular weight is 263 g/mol. The summed E-state index contributed by atoms with van der Waals surface area (Å²) in [6.07, 6.45) is 4.02. The van der Waals surface area contributed by atoms with Crippen LogP contribution in [-0.2, 0) is 6.42 Å². The molecule has 0 bridgehead atoms. The molecule has 0 saturated carbocycles. The molecule has 1 aromatic heterocycles. The van der Waals surface area contributed by atoms with Gasteiger partial charge in [-0.25, -0.2) is 0 Å². The average Bonchev–Trinajstić information content (AvgIpc) is 2.40. The number of nitro benzene ring substituents is 1. The van der Waals surface area contributed by atoms with Crippen molar-refractivity contribution in [1.82, 2.24) is 4.98 Å². The molecule has 0 aliphatic rings. The summed E-state index contributed by atoms with van der Waals surface area (Å²) in [5, 5.41) is 10.4. The van der Waals surface area contributed by atoms with Gasteiger partial charge >= 0.3 is 0 Å². The van der Waals surface area contributed by atoms with E-state index in [1.54, 1.807) is 24.5 Å². The number of hydrogen-bond donors (Lipinski definition) is 0. The fourth-order valence-corrected chi connectivity index (χ4v) is 1.97. The van der Waals surface area contributed by atoms with Crippen LogP contribution in [-0.4, -0.2) is 9.91 Å². The lowest BCUT2D eigenvalue weighted by atomic mass is 10.0. The first-order valence-electron chi connectivity index (χ1n) is 5.44. The standard InChI is InChI=1S/C13H11ClN2O2/c14-13(11-5-7-15-8-6-11)9-10-1-3-12(4-2-10)16(17)18/h1-8,13H,9H2. The first kappa shape index (κ1) is 12.5. The maximum absolute atomic E-state index is 10.5. The van der Waals surface area contributed by atoms with E-state index in [2.05, 4.69) is 4.98 Å². The Labute approximate surface area is 109 Å². The maximum atomic E-state index is 10.5. The van der Waals surface area contributed by atoms with Crippen molar-refractivity contribution in [3.8, 4) is 0 Å². The zero-order chi connectivity index (χ0) is 13.0. The molecule has 0 aliphatic heterocycles. The third-order valence-corrected chi connectivity index (χ3v) is 3.04. The second-order valence-corrected chi connectivity index (χ2v) is 4.40. The molecule has 0 radical (unpaired) electrons. The molecule has 92 valence electrons. The van der Waals surface area contributed by atoms with Crippen molar-refractivity contribution in [2.45, 2.75) is 11.8 Å². The minimum absolute atomic E-state index is 0.0915.